The van der Waals surface area contributed by atoms with Gasteiger partial charge in [0, 0.05) is 18.2 Å². The van der Waals surface area contributed by atoms with Crippen molar-refractivity contribution in [3.05, 3.63) is 70.1 Å². The summed E-state index contributed by atoms with van der Waals surface area (Å²) in [5.74, 6) is 0.837. The van der Waals surface area contributed by atoms with Gasteiger partial charge in [0.15, 0.2) is 11.5 Å². The molecule has 11 nitrogen and oxygen atoms in total. The van der Waals surface area contributed by atoms with E-state index in [0.717, 1.165) is 22.2 Å². The van der Waals surface area contributed by atoms with Crippen LogP contribution in [0.15, 0.2) is 53.6 Å². The van der Waals surface area contributed by atoms with Gasteiger partial charge in [0.05, 0.1) is 50.4 Å². The first-order valence-electron chi connectivity index (χ1n) is 15.0. The van der Waals surface area contributed by atoms with Gasteiger partial charge in [0.2, 0.25) is 23.0 Å². The monoisotopic (exact) mass is 613 g/mol. The lowest BCUT2D eigenvalue weighted by molar-refractivity contribution is -0.120. The molecule has 1 heterocycles. The summed E-state index contributed by atoms with van der Waals surface area (Å²) in [4.78, 5) is 47.1. The number of hydrogen-bond donors (Lipinski definition) is 4. The van der Waals surface area contributed by atoms with E-state index >= 15 is 0 Å². The number of ether oxygens (including phenoxy) is 3. The normalized spacial score (nSPS) is 15.1. The molecule has 1 aliphatic rings. The first-order chi connectivity index (χ1) is 21.7. The number of amides is 2. The van der Waals surface area contributed by atoms with Crippen LogP contribution >= 0.6 is 0 Å². The zero-order chi connectivity index (χ0) is 32.2. The van der Waals surface area contributed by atoms with Gasteiger partial charge in [-0.1, -0.05) is 26.3 Å². The molecular formula is C34H39N5O6. The summed E-state index contributed by atoms with van der Waals surface area (Å²) in [6, 6.07) is 11.3. The van der Waals surface area contributed by atoms with E-state index in [1.54, 1.807) is 45.9 Å². The van der Waals surface area contributed by atoms with Gasteiger partial charge in [-0.2, -0.15) is 0 Å². The van der Waals surface area contributed by atoms with Gasteiger partial charge in [-0.25, -0.2) is 4.98 Å². The Morgan fingerprint density at radius 2 is 1.82 bits per heavy atom. The van der Waals surface area contributed by atoms with E-state index in [1.807, 2.05) is 38.1 Å². The molecule has 11 heteroatoms. The number of H-pyrrole nitrogens is 1. The Bertz CT molecular complexity index is 1800. The summed E-state index contributed by atoms with van der Waals surface area (Å²) >= 11 is 0. The minimum atomic E-state index is -0.709. The first-order valence-corrected chi connectivity index (χ1v) is 15.0. The second-order valence-corrected chi connectivity index (χ2v) is 11.2. The van der Waals surface area contributed by atoms with E-state index in [0.29, 0.717) is 53.3 Å². The first kappa shape index (κ1) is 31.4. The van der Waals surface area contributed by atoms with Crippen molar-refractivity contribution in [1.29, 1.82) is 0 Å². The Morgan fingerprint density at radius 1 is 1.04 bits per heavy atom. The number of carbonyl (C=O) groups excluding carboxylic acids is 2. The van der Waals surface area contributed by atoms with Gasteiger partial charge in [-0.05, 0) is 71.8 Å². The molecule has 0 saturated carbocycles. The number of benzene rings is 2. The molecule has 4 aromatic rings. The van der Waals surface area contributed by atoms with Crippen LogP contribution in [-0.2, 0) is 16.0 Å². The Balaban J connectivity index is 1.60. The maximum Gasteiger partial charge on any atom is 0.247 e. The number of imidazole rings is 1. The topological polar surface area (TPSA) is 144 Å². The molecule has 1 aromatic heterocycles. The highest BCUT2D eigenvalue weighted by Crippen LogP contribution is 2.50. The number of nitrogens with zero attached hydrogens (tertiary/aromatic N) is 1. The fourth-order valence-electron chi connectivity index (χ4n) is 5.93. The predicted octanol–water partition coefficient (Wildman–Crippen LogP) is 5.20. The molecule has 0 spiro atoms. The predicted molar refractivity (Wildman–Crippen MR) is 174 cm³/mol. The molecule has 1 aliphatic carbocycles. The fraction of sp³-hybridized carbons (Fsp3) is 0.353. The van der Waals surface area contributed by atoms with Crippen molar-refractivity contribution in [2.75, 3.05) is 32.0 Å². The Labute approximate surface area is 261 Å². The summed E-state index contributed by atoms with van der Waals surface area (Å²) < 4.78 is 17.2. The molecule has 0 radical (unpaired) electrons. The van der Waals surface area contributed by atoms with Gasteiger partial charge >= 0.3 is 0 Å². The maximum absolute atomic E-state index is 13.9. The minimum absolute atomic E-state index is 0.103. The van der Waals surface area contributed by atoms with Crippen LogP contribution in [-0.4, -0.2) is 49.2 Å². The van der Waals surface area contributed by atoms with Crippen LogP contribution < -0.4 is 35.6 Å². The van der Waals surface area contributed by atoms with E-state index < -0.39 is 12.1 Å². The Hall–Kier alpha value is -5.06. The molecule has 3 aromatic carbocycles. The number of carbonyl (C=O) groups is 2. The quantitative estimate of drug-likeness (QED) is 0.191. The van der Waals surface area contributed by atoms with E-state index in [9.17, 15) is 14.4 Å². The van der Waals surface area contributed by atoms with Crippen molar-refractivity contribution in [1.82, 2.24) is 15.3 Å². The second-order valence-electron chi connectivity index (χ2n) is 11.2. The molecule has 45 heavy (non-hydrogen) atoms. The van der Waals surface area contributed by atoms with Crippen LogP contribution in [0.4, 0.5) is 11.4 Å². The zero-order valence-corrected chi connectivity index (χ0v) is 26.4. The molecule has 3 unspecified atom stereocenters. The third-order valence-corrected chi connectivity index (χ3v) is 8.41. The van der Waals surface area contributed by atoms with Crippen LogP contribution in [0.1, 0.15) is 50.8 Å². The number of aryl methyl sites for hydroxylation is 1. The highest BCUT2D eigenvalue weighted by molar-refractivity contribution is 5.98. The van der Waals surface area contributed by atoms with Gasteiger partial charge in [-0.15, -0.1) is 0 Å². The number of aromatic nitrogens is 2. The number of fused-ring (bicyclic) bond motifs is 4. The van der Waals surface area contributed by atoms with Crippen molar-refractivity contribution in [3.8, 4) is 28.4 Å². The van der Waals surface area contributed by atoms with Crippen LogP contribution in [0.5, 0.6) is 17.2 Å². The molecular weight excluding hydrogens is 574 g/mol. The zero-order valence-electron chi connectivity index (χ0n) is 26.4. The van der Waals surface area contributed by atoms with Crippen LogP contribution in [0.25, 0.3) is 22.2 Å². The molecule has 3 atom stereocenters. The summed E-state index contributed by atoms with van der Waals surface area (Å²) in [7, 11) is 4.66. The van der Waals surface area contributed by atoms with Gasteiger partial charge < -0.3 is 35.1 Å². The lowest BCUT2D eigenvalue weighted by Crippen LogP contribution is -2.40. The summed E-state index contributed by atoms with van der Waals surface area (Å²) in [5, 5.41) is 9.26. The third-order valence-electron chi connectivity index (χ3n) is 8.41. The fourth-order valence-corrected chi connectivity index (χ4v) is 5.93. The highest BCUT2D eigenvalue weighted by atomic mass is 16.5. The SMILES string of the molecule is CCC(C)C(Nc1ccc2c(cc1=O)C(NC(C)=O)CCc1cc(OC)c(OC)c(OC)c1-2)C(=O)Nc1ccc2nc[nH]c2c1. The summed E-state index contributed by atoms with van der Waals surface area (Å²) in [6.07, 6.45) is 3.44. The number of anilines is 2. The second kappa shape index (κ2) is 13.3. The van der Waals surface area contributed by atoms with Crippen LogP contribution in [0.3, 0.4) is 0 Å². The number of aromatic amines is 1. The Kier molecular flexibility index (Phi) is 9.26. The number of rotatable bonds is 10. The van der Waals surface area contributed by atoms with Crippen molar-refractivity contribution in [3.63, 3.8) is 0 Å². The molecule has 4 N–H and O–H groups in total. The highest BCUT2D eigenvalue weighted by Gasteiger charge is 2.30. The maximum atomic E-state index is 13.9. The summed E-state index contributed by atoms with van der Waals surface area (Å²) in [6.45, 7) is 5.42. The largest absolute Gasteiger partial charge is 0.493 e. The van der Waals surface area contributed by atoms with E-state index in [1.165, 1.54) is 6.92 Å². The third kappa shape index (κ3) is 6.29. The number of nitrogens with one attached hydrogen (secondary N) is 4. The van der Waals surface area contributed by atoms with Crippen molar-refractivity contribution in [2.45, 2.75) is 52.1 Å². The Morgan fingerprint density at radius 3 is 2.51 bits per heavy atom. The molecule has 5 rings (SSSR count). The molecule has 0 saturated heterocycles. The van der Waals surface area contributed by atoms with Crippen LogP contribution in [0.2, 0.25) is 0 Å². The van der Waals surface area contributed by atoms with Crippen molar-refractivity contribution >= 4 is 34.2 Å². The van der Waals surface area contributed by atoms with Crippen molar-refractivity contribution in [2.24, 2.45) is 5.92 Å². The molecule has 0 bridgehead atoms. The lowest BCUT2D eigenvalue weighted by atomic mass is 9.95. The van der Waals surface area contributed by atoms with E-state index in [-0.39, 0.29) is 28.8 Å². The summed E-state index contributed by atoms with van der Waals surface area (Å²) in [5.41, 5.74) is 5.20. The van der Waals surface area contributed by atoms with Gasteiger partial charge in [-0.3, -0.25) is 14.4 Å². The van der Waals surface area contributed by atoms with Crippen LogP contribution in [0, 0.1) is 5.92 Å². The van der Waals surface area contributed by atoms with E-state index in [4.69, 9.17) is 14.2 Å². The van der Waals surface area contributed by atoms with Crippen molar-refractivity contribution < 1.29 is 23.8 Å². The molecule has 0 fully saturated rings. The average molecular weight is 614 g/mol. The van der Waals surface area contributed by atoms with Gasteiger partial charge in [0.1, 0.15) is 6.04 Å². The standard InChI is InChI=1S/C34H39N5O6/c1-7-18(2)31(34(42)38-21-9-12-25-27(15-21)36-17-35-25)39-26-13-10-22-23(16-28(26)41)24(37-19(3)40)11-8-20-14-29(43-4)32(44-5)33(45-6)30(20)22/h9-10,12-18,24,31H,7-8,11H2,1-6H3,(H,35,36)(H,37,40)(H,38,42)(H,39,41). The average Bonchev–Trinajstić information content (AvgIpc) is 3.38. The molecule has 236 valence electrons. The molecule has 0 aliphatic heterocycles. The number of methoxy groups -OCH3 is 3. The van der Waals surface area contributed by atoms with Gasteiger partial charge in [0.25, 0.3) is 0 Å². The lowest BCUT2D eigenvalue weighted by Gasteiger charge is -2.24. The smallest absolute Gasteiger partial charge is 0.247 e. The van der Waals surface area contributed by atoms with E-state index in [2.05, 4.69) is 25.9 Å². The minimum Gasteiger partial charge on any atom is -0.493 e. The number of hydrogen-bond acceptors (Lipinski definition) is 8. The molecule has 2 amide bonds.